The lowest BCUT2D eigenvalue weighted by Gasteiger charge is -2.20. The molecular weight excluding hydrogens is 716 g/mol. The lowest BCUT2D eigenvalue weighted by Crippen LogP contribution is -2.24. The van der Waals surface area contributed by atoms with E-state index in [4.69, 9.17) is 9.40 Å². The molecular formula is C52H33N2O2P. The Hall–Kier alpha value is -7.13. The van der Waals surface area contributed by atoms with E-state index in [1.807, 2.05) is 85.1 Å². The molecule has 0 amide bonds. The highest BCUT2D eigenvalue weighted by Gasteiger charge is 2.29. The van der Waals surface area contributed by atoms with Gasteiger partial charge >= 0.3 is 0 Å². The van der Waals surface area contributed by atoms with Gasteiger partial charge in [0.05, 0.1) is 16.7 Å². The van der Waals surface area contributed by atoms with Crippen LogP contribution in [0.1, 0.15) is 0 Å². The number of pyridine rings is 2. The normalized spacial score (nSPS) is 11.9. The van der Waals surface area contributed by atoms with Crippen LogP contribution in [0.3, 0.4) is 0 Å². The lowest BCUT2D eigenvalue weighted by molar-refractivity contribution is 0.592. The van der Waals surface area contributed by atoms with Crippen molar-refractivity contribution in [3.8, 4) is 33.5 Å². The molecule has 5 heteroatoms. The van der Waals surface area contributed by atoms with Gasteiger partial charge in [0.25, 0.3) is 0 Å². The minimum atomic E-state index is -3.11. The monoisotopic (exact) mass is 748 g/mol. The van der Waals surface area contributed by atoms with Crippen LogP contribution >= 0.6 is 7.14 Å². The van der Waals surface area contributed by atoms with E-state index < -0.39 is 7.14 Å². The highest BCUT2D eigenvalue weighted by Crippen LogP contribution is 2.45. The minimum absolute atomic E-state index is 0.801. The van der Waals surface area contributed by atoms with E-state index in [9.17, 15) is 0 Å². The summed E-state index contributed by atoms with van der Waals surface area (Å²) in [5.41, 5.74) is 9.72. The fraction of sp³-hybridized carbons (Fsp3) is 0. The van der Waals surface area contributed by atoms with E-state index in [0.29, 0.717) is 0 Å². The molecule has 3 heterocycles. The molecule has 57 heavy (non-hydrogen) atoms. The van der Waals surface area contributed by atoms with Crippen molar-refractivity contribution in [3.63, 3.8) is 0 Å². The molecule has 0 aliphatic rings. The van der Waals surface area contributed by atoms with E-state index in [1.54, 1.807) is 0 Å². The van der Waals surface area contributed by atoms with Gasteiger partial charge in [-0.3, -0.25) is 4.98 Å². The summed E-state index contributed by atoms with van der Waals surface area (Å²) < 4.78 is 21.9. The molecule has 0 atom stereocenters. The summed E-state index contributed by atoms with van der Waals surface area (Å²) in [6.07, 6.45) is 1.83. The average molecular weight is 749 g/mol. The molecule has 3 aromatic heterocycles. The Bertz CT molecular complexity index is 3330. The average Bonchev–Trinajstić information content (AvgIpc) is 3.68. The number of hydrogen-bond acceptors (Lipinski definition) is 4. The van der Waals surface area contributed by atoms with Crippen LogP contribution in [0.25, 0.3) is 88.0 Å². The predicted molar refractivity (Wildman–Crippen MR) is 238 cm³/mol. The summed E-state index contributed by atoms with van der Waals surface area (Å²) in [5.74, 6) is 0. The number of benzene rings is 8. The first-order valence-corrected chi connectivity index (χ1v) is 20.8. The van der Waals surface area contributed by atoms with Crippen LogP contribution in [0.5, 0.6) is 0 Å². The van der Waals surface area contributed by atoms with E-state index in [0.717, 1.165) is 104 Å². The van der Waals surface area contributed by atoms with Gasteiger partial charge in [-0.1, -0.05) is 164 Å². The molecule has 4 nitrogen and oxygen atoms in total. The second-order valence-corrected chi connectivity index (χ2v) is 17.2. The zero-order valence-electron chi connectivity index (χ0n) is 30.7. The van der Waals surface area contributed by atoms with Gasteiger partial charge in [0.2, 0.25) is 0 Å². The van der Waals surface area contributed by atoms with Gasteiger partial charge in [-0.05, 0) is 58.0 Å². The summed E-state index contributed by atoms with van der Waals surface area (Å²) in [6, 6.07) is 66.0. The molecule has 0 bridgehead atoms. The number of rotatable bonds is 6. The zero-order valence-corrected chi connectivity index (χ0v) is 31.6. The van der Waals surface area contributed by atoms with Crippen molar-refractivity contribution in [1.29, 1.82) is 0 Å². The van der Waals surface area contributed by atoms with Crippen LogP contribution in [0.4, 0.5) is 0 Å². The van der Waals surface area contributed by atoms with Crippen LogP contribution < -0.4 is 15.9 Å². The Balaban J connectivity index is 1.06. The molecule has 0 saturated heterocycles. The molecule has 11 aromatic rings. The van der Waals surface area contributed by atoms with Crippen molar-refractivity contribution >= 4 is 77.6 Å². The molecule has 0 unspecified atom stereocenters. The fourth-order valence-corrected chi connectivity index (χ4v) is 11.1. The van der Waals surface area contributed by atoms with Crippen molar-refractivity contribution in [2.75, 3.05) is 0 Å². The number of nitrogens with zero attached hydrogens (tertiary/aromatic N) is 2. The molecule has 0 saturated carbocycles. The third kappa shape index (κ3) is 5.41. The van der Waals surface area contributed by atoms with Crippen LogP contribution in [0, 0.1) is 0 Å². The molecule has 0 fully saturated rings. The SMILES string of the molecule is O=P(c1ccccc1)(c1ccccc1)c1ccc(-c2cc3c(oc4cccc(-c5cccc(-c6ccc7ccc8cccnc8c7n6)c5)c43)c3ccccc23)cc1. The lowest BCUT2D eigenvalue weighted by atomic mass is 9.93. The van der Waals surface area contributed by atoms with Crippen LogP contribution in [-0.4, -0.2) is 9.97 Å². The molecule has 0 radical (unpaired) electrons. The number of fused-ring (bicyclic) bond motifs is 8. The molecule has 268 valence electrons. The van der Waals surface area contributed by atoms with Gasteiger partial charge in [0.1, 0.15) is 11.2 Å². The van der Waals surface area contributed by atoms with Crippen molar-refractivity contribution in [3.05, 3.63) is 200 Å². The maximum absolute atomic E-state index is 15.1. The van der Waals surface area contributed by atoms with E-state index in [1.165, 1.54) is 0 Å². The molecule has 0 spiro atoms. The van der Waals surface area contributed by atoms with Gasteiger partial charge in [0, 0.05) is 54.6 Å². The second-order valence-electron chi connectivity index (χ2n) is 14.4. The number of hydrogen-bond donors (Lipinski definition) is 0. The Morgan fingerprint density at radius 2 is 1.09 bits per heavy atom. The third-order valence-electron chi connectivity index (χ3n) is 11.2. The van der Waals surface area contributed by atoms with Gasteiger partial charge < -0.3 is 8.98 Å². The van der Waals surface area contributed by atoms with Gasteiger partial charge in [-0.25, -0.2) is 4.98 Å². The predicted octanol–water partition coefficient (Wildman–Crippen LogP) is 12.5. The quantitative estimate of drug-likeness (QED) is 0.125. The zero-order chi connectivity index (χ0) is 37.9. The summed E-state index contributed by atoms with van der Waals surface area (Å²) in [6.45, 7) is 0. The highest BCUT2D eigenvalue weighted by molar-refractivity contribution is 7.85. The molecule has 0 aliphatic heterocycles. The molecule has 0 aliphatic carbocycles. The van der Waals surface area contributed by atoms with E-state index in [2.05, 4.69) is 120 Å². The Kier molecular flexibility index (Phi) is 7.73. The third-order valence-corrected chi connectivity index (χ3v) is 14.3. The number of furan rings is 1. The first-order valence-electron chi connectivity index (χ1n) is 19.1. The largest absolute Gasteiger partial charge is 0.455 e. The second kappa shape index (κ2) is 13.3. The van der Waals surface area contributed by atoms with Crippen molar-refractivity contribution in [2.45, 2.75) is 0 Å². The molecule has 0 N–H and O–H groups in total. The Morgan fingerprint density at radius 3 is 1.86 bits per heavy atom. The highest BCUT2D eigenvalue weighted by atomic mass is 31.2. The molecule has 11 rings (SSSR count). The summed E-state index contributed by atoms with van der Waals surface area (Å²) >= 11 is 0. The van der Waals surface area contributed by atoms with Crippen molar-refractivity contribution in [1.82, 2.24) is 9.97 Å². The van der Waals surface area contributed by atoms with E-state index >= 15 is 4.57 Å². The van der Waals surface area contributed by atoms with Crippen LogP contribution in [0.15, 0.2) is 205 Å². The number of aromatic nitrogens is 2. The minimum Gasteiger partial charge on any atom is -0.455 e. The standard InChI is InChI=1S/C52H33N2O2P/c55-57(39-15-3-1-4-16-39,40-17-5-2-6-18-40)41-28-25-34(26-29-41)45-33-46-49-42(21-10-22-48(49)56-52(46)44-20-8-7-19-43(44)45)37-12-9-13-38(32-37)47-30-27-36-24-23-35-14-11-31-53-50(35)51(36)54-47/h1-33H. The fourth-order valence-electron chi connectivity index (χ4n) is 8.43. The van der Waals surface area contributed by atoms with Gasteiger partial charge in [-0.15, -0.1) is 0 Å². The maximum Gasteiger partial charge on any atom is 0.171 e. The van der Waals surface area contributed by atoms with Gasteiger partial charge in [0.15, 0.2) is 7.14 Å². The van der Waals surface area contributed by atoms with Crippen molar-refractivity contribution in [2.24, 2.45) is 0 Å². The van der Waals surface area contributed by atoms with Crippen LogP contribution in [-0.2, 0) is 4.57 Å². The maximum atomic E-state index is 15.1. The van der Waals surface area contributed by atoms with Crippen LogP contribution in [0.2, 0.25) is 0 Å². The Morgan fingerprint density at radius 1 is 0.439 bits per heavy atom. The summed E-state index contributed by atoms with van der Waals surface area (Å²) in [4.78, 5) is 9.82. The smallest absolute Gasteiger partial charge is 0.171 e. The summed E-state index contributed by atoms with van der Waals surface area (Å²) in [7, 11) is -3.11. The van der Waals surface area contributed by atoms with Crippen molar-refractivity contribution < 1.29 is 8.98 Å². The van der Waals surface area contributed by atoms with Gasteiger partial charge in [-0.2, -0.15) is 0 Å². The Labute approximate surface area is 329 Å². The van der Waals surface area contributed by atoms with E-state index in [-0.39, 0.29) is 0 Å². The first-order chi connectivity index (χ1) is 28.1. The summed E-state index contributed by atoms with van der Waals surface area (Å²) in [5, 5.41) is 8.83. The topological polar surface area (TPSA) is 56.0 Å². The first kappa shape index (κ1) is 33.2. The molecule has 8 aromatic carbocycles.